The van der Waals surface area contributed by atoms with Crippen molar-refractivity contribution in [3.63, 3.8) is 0 Å². The van der Waals surface area contributed by atoms with Crippen molar-refractivity contribution >= 4 is 65.5 Å². The van der Waals surface area contributed by atoms with Gasteiger partial charge in [0.25, 0.3) is 0 Å². The Balaban J connectivity index is 0.978. The Labute approximate surface area is 402 Å². The van der Waals surface area contributed by atoms with Crippen LogP contribution >= 0.6 is 0 Å². The highest BCUT2D eigenvalue weighted by atomic mass is 15.0. The zero-order valence-corrected chi connectivity index (χ0v) is 38.4. The van der Waals surface area contributed by atoms with Gasteiger partial charge in [-0.05, 0) is 120 Å². The molecule has 0 saturated heterocycles. The van der Waals surface area contributed by atoms with Gasteiger partial charge >= 0.3 is 0 Å². The second kappa shape index (κ2) is 16.9. The van der Waals surface area contributed by atoms with Crippen molar-refractivity contribution in [3.8, 4) is 39.1 Å². The highest BCUT2D eigenvalue weighted by Crippen LogP contribution is 2.45. The van der Waals surface area contributed by atoms with Gasteiger partial charge in [-0.15, -0.1) is 0 Å². The molecular formula is C67H48N2. The molecule has 2 atom stereocenters. The summed E-state index contributed by atoms with van der Waals surface area (Å²) < 4.78 is 2.43. The van der Waals surface area contributed by atoms with Gasteiger partial charge in [-0.2, -0.15) is 0 Å². The van der Waals surface area contributed by atoms with Crippen molar-refractivity contribution in [1.82, 2.24) is 4.57 Å². The molecule has 12 aromatic rings. The summed E-state index contributed by atoms with van der Waals surface area (Å²) in [5, 5.41) is 9.98. The molecule has 13 rings (SSSR count). The van der Waals surface area contributed by atoms with Crippen molar-refractivity contribution in [2.75, 3.05) is 0 Å². The lowest BCUT2D eigenvalue weighted by atomic mass is 9.76. The van der Waals surface area contributed by atoms with Gasteiger partial charge < -0.3 is 4.57 Å². The number of hydrogen-bond donors (Lipinski definition) is 0. The van der Waals surface area contributed by atoms with Gasteiger partial charge in [0, 0.05) is 33.9 Å². The smallest absolute Gasteiger partial charge is 0.0672 e. The first kappa shape index (κ1) is 40.7. The summed E-state index contributed by atoms with van der Waals surface area (Å²) in [6.07, 6.45) is 3.42. The predicted molar refractivity (Wildman–Crippen MR) is 294 cm³/mol. The lowest BCUT2D eigenvalue weighted by molar-refractivity contribution is 0.593. The van der Waals surface area contributed by atoms with Crippen LogP contribution in [0, 0.1) is 5.92 Å². The maximum absolute atomic E-state index is 5.61. The standard InChI is InChI=1S/C67H48N2/c1-2-53-61(48-31-29-46(30-32-48)44-17-6-3-7-18-44)43-63(68-67(53)49-21-10-5-11-22-49)51-36-40-60-62(41-51)56-24-13-12-23-55(56)59-27-16-26-54(66(59)60)50-35-39-58-57-25-14-15-28-64(57)69(65(58)42-50)52-37-33-47(34-38-52)45-19-8-4-9-20-45/h3-43,53,61H,2H2,1H3. The van der Waals surface area contributed by atoms with Crippen LogP contribution in [0.3, 0.4) is 0 Å². The topological polar surface area (TPSA) is 17.3 Å². The molecule has 0 amide bonds. The summed E-state index contributed by atoms with van der Waals surface area (Å²) in [4.78, 5) is 5.61. The van der Waals surface area contributed by atoms with Gasteiger partial charge in [0.1, 0.15) is 0 Å². The van der Waals surface area contributed by atoms with E-state index < -0.39 is 0 Å². The molecule has 0 bridgehead atoms. The van der Waals surface area contributed by atoms with Crippen LogP contribution in [0.5, 0.6) is 0 Å². The molecule has 2 nitrogen and oxygen atoms in total. The number of hydrogen-bond acceptors (Lipinski definition) is 1. The molecule has 11 aromatic carbocycles. The largest absolute Gasteiger partial charge is 0.309 e. The summed E-state index contributed by atoms with van der Waals surface area (Å²) >= 11 is 0. The molecule has 2 unspecified atom stereocenters. The maximum Gasteiger partial charge on any atom is 0.0672 e. The van der Waals surface area contributed by atoms with E-state index in [1.807, 2.05) is 0 Å². The predicted octanol–water partition coefficient (Wildman–Crippen LogP) is 17.9. The van der Waals surface area contributed by atoms with Crippen LogP contribution in [0.1, 0.15) is 36.0 Å². The Bertz CT molecular complexity index is 3950. The molecule has 0 radical (unpaired) electrons. The Kier molecular flexibility index (Phi) is 9.98. The quantitative estimate of drug-likeness (QED) is 0.135. The summed E-state index contributed by atoms with van der Waals surface area (Å²) in [6, 6.07) is 89.1. The Morgan fingerprint density at radius 3 is 1.57 bits per heavy atom. The SMILES string of the molecule is CCC1C(c2ccccc2)=NC(c2ccc3c(c2)c2ccccc2c2cccc(-c4ccc5c6ccccc6n(-c6ccc(-c7ccccc7)cc6)c5c4)c23)=CC1c1ccc(-c2ccccc2)cc1. The Morgan fingerprint density at radius 1 is 0.377 bits per heavy atom. The minimum atomic E-state index is 0.158. The molecule has 1 aliphatic heterocycles. The van der Waals surface area contributed by atoms with E-state index in [-0.39, 0.29) is 11.8 Å². The molecule has 1 aliphatic rings. The van der Waals surface area contributed by atoms with Crippen molar-refractivity contribution in [2.24, 2.45) is 10.9 Å². The number of allylic oxidation sites excluding steroid dienone is 1. The minimum absolute atomic E-state index is 0.158. The molecule has 0 spiro atoms. The number of para-hydroxylation sites is 1. The molecule has 0 aliphatic carbocycles. The molecular weight excluding hydrogens is 833 g/mol. The van der Waals surface area contributed by atoms with Crippen LogP contribution in [-0.4, -0.2) is 10.3 Å². The lowest BCUT2D eigenvalue weighted by Crippen LogP contribution is -2.25. The average Bonchev–Trinajstić information content (AvgIpc) is 3.77. The van der Waals surface area contributed by atoms with Crippen LogP contribution in [0.15, 0.2) is 254 Å². The van der Waals surface area contributed by atoms with Crippen LogP contribution in [0.4, 0.5) is 0 Å². The number of rotatable bonds is 8. The summed E-state index contributed by atoms with van der Waals surface area (Å²) in [7, 11) is 0. The number of aliphatic imine (C=N–C) groups is 1. The van der Waals surface area contributed by atoms with E-state index in [9.17, 15) is 0 Å². The molecule has 0 saturated carbocycles. The average molecular weight is 881 g/mol. The first-order valence-corrected chi connectivity index (χ1v) is 24.3. The minimum Gasteiger partial charge on any atom is -0.309 e. The molecule has 326 valence electrons. The third kappa shape index (κ3) is 6.99. The normalized spacial score (nSPS) is 15.0. The van der Waals surface area contributed by atoms with Gasteiger partial charge in [-0.25, -0.2) is 0 Å². The summed E-state index contributed by atoms with van der Waals surface area (Å²) in [5.41, 5.74) is 16.6. The Hall–Kier alpha value is -8.59. The third-order valence-electron chi connectivity index (χ3n) is 14.6. The van der Waals surface area contributed by atoms with Crippen molar-refractivity contribution in [1.29, 1.82) is 0 Å². The van der Waals surface area contributed by atoms with Gasteiger partial charge in [-0.3, -0.25) is 4.99 Å². The van der Waals surface area contributed by atoms with Crippen molar-refractivity contribution in [3.05, 3.63) is 265 Å². The molecule has 2 heterocycles. The summed E-state index contributed by atoms with van der Waals surface area (Å²) in [6.45, 7) is 2.30. The van der Waals surface area contributed by atoms with Gasteiger partial charge in [-0.1, -0.05) is 219 Å². The van der Waals surface area contributed by atoms with E-state index in [1.54, 1.807) is 0 Å². The van der Waals surface area contributed by atoms with Crippen LogP contribution in [0.2, 0.25) is 0 Å². The van der Waals surface area contributed by atoms with Crippen molar-refractivity contribution in [2.45, 2.75) is 19.3 Å². The molecule has 0 fully saturated rings. The maximum atomic E-state index is 5.61. The van der Waals surface area contributed by atoms with E-state index in [2.05, 4.69) is 260 Å². The van der Waals surface area contributed by atoms with Crippen LogP contribution in [-0.2, 0) is 0 Å². The van der Waals surface area contributed by atoms with E-state index in [1.165, 1.54) is 98.6 Å². The second-order valence-electron chi connectivity index (χ2n) is 18.5. The number of benzene rings is 11. The fraction of sp³-hybridized carbons (Fsp3) is 0.0597. The van der Waals surface area contributed by atoms with Crippen LogP contribution in [0.25, 0.3) is 98.9 Å². The fourth-order valence-corrected chi connectivity index (χ4v) is 11.3. The monoisotopic (exact) mass is 880 g/mol. The zero-order valence-electron chi connectivity index (χ0n) is 38.4. The van der Waals surface area contributed by atoms with Gasteiger partial charge in [0.05, 0.1) is 22.4 Å². The van der Waals surface area contributed by atoms with E-state index in [4.69, 9.17) is 4.99 Å². The third-order valence-corrected chi connectivity index (χ3v) is 14.6. The molecule has 0 N–H and O–H groups in total. The fourth-order valence-electron chi connectivity index (χ4n) is 11.3. The highest BCUT2D eigenvalue weighted by Gasteiger charge is 2.31. The number of nitrogens with zero attached hydrogens (tertiary/aromatic N) is 2. The van der Waals surface area contributed by atoms with Crippen molar-refractivity contribution < 1.29 is 0 Å². The molecule has 1 aromatic heterocycles. The number of fused-ring (bicyclic) bond motifs is 9. The van der Waals surface area contributed by atoms with Crippen LogP contribution < -0.4 is 0 Å². The van der Waals surface area contributed by atoms with Gasteiger partial charge in [0.15, 0.2) is 0 Å². The molecule has 69 heavy (non-hydrogen) atoms. The van der Waals surface area contributed by atoms with Gasteiger partial charge in [0.2, 0.25) is 0 Å². The second-order valence-corrected chi connectivity index (χ2v) is 18.5. The first-order valence-electron chi connectivity index (χ1n) is 24.3. The molecule has 2 heteroatoms. The zero-order chi connectivity index (χ0) is 45.8. The first-order chi connectivity index (χ1) is 34.2. The van der Waals surface area contributed by atoms with E-state index in [0.717, 1.165) is 29.1 Å². The highest BCUT2D eigenvalue weighted by molar-refractivity contribution is 6.29. The van der Waals surface area contributed by atoms with E-state index in [0.29, 0.717) is 0 Å². The van der Waals surface area contributed by atoms with E-state index >= 15 is 0 Å². The summed E-state index contributed by atoms with van der Waals surface area (Å²) in [5.74, 6) is 0.390. The Morgan fingerprint density at radius 2 is 0.884 bits per heavy atom. The number of aromatic nitrogens is 1. The lowest BCUT2D eigenvalue weighted by Gasteiger charge is -2.31.